The number of methoxy groups -OCH3 is 2. The van der Waals surface area contributed by atoms with E-state index in [1.807, 2.05) is 6.07 Å². The van der Waals surface area contributed by atoms with Crippen LogP contribution in [0.2, 0.25) is 0 Å². The molecule has 0 amide bonds. The highest BCUT2D eigenvalue weighted by Gasteiger charge is 2.04. The van der Waals surface area contributed by atoms with E-state index in [1.165, 1.54) is 69.8 Å². The quantitative estimate of drug-likeness (QED) is 0.319. The number of carbonyl (C=O) groups is 1. The Bertz CT molecular complexity index is 513. The maximum absolute atomic E-state index is 10.4. The molecule has 0 aliphatic carbocycles. The van der Waals surface area contributed by atoms with Crippen LogP contribution in [0.3, 0.4) is 0 Å². The lowest BCUT2D eigenvalue weighted by molar-refractivity contribution is -0.137. The van der Waals surface area contributed by atoms with E-state index in [2.05, 4.69) is 12.1 Å². The van der Waals surface area contributed by atoms with Crippen LogP contribution in [0.25, 0.3) is 0 Å². The number of ether oxygens (including phenoxy) is 2. The Kier molecular flexibility index (Phi) is 13.3. The minimum atomic E-state index is -0.668. The third kappa shape index (κ3) is 11.6. The molecule has 4 heteroatoms. The lowest BCUT2D eigenvalue weighted by atomic mass is 10.0. The van der Waals surface area contributed by atoms with Crippen molar-refractivity contribution in [3.63, 3.8) is 0 Å². The molecule has 1 rings (SSSR count). The molecule has 1 N–H and O–H groups in total. The van der Waals surface area contributed by atoms with Crippen LogP contribution in [0.1, 0.15) is 89.0 Å². The first-order chi connectivity index (χ1) is 13.2. The number of hydrogen-bond donors (Lipinski definition) is 1. The second kappa shape index (κ2) is 15.4. The molecule has 0 aliphatic rings. The summed E-state index contributed by atoms with van der Waals surface area (Å²) < 4.78 is 10.6. The van der Waals surface area contributed by atoms with Crippen LogP contribution >= 0.6 is 0 Å². The summed E-state index contributed by atoms with van der Waals surface area (Å²) in [7, 11) is 3.35. The largest absolute Gasteiger partial charge is 0.493 e. The number of unbranched alkanes of at least 4 members (excludes halogenated alkanes) is 11. The zero-order valence-corrected chi connectivity index (χ0v) is 17.3. The summed E-state index contributed by atoms with van der Waals surface area (Å²) in [5, 5.41) is 8.58. The maximum atomic E-state index is 10.4. The maximum Gasteiger partial charge on any atom is 0.303 e. The van der Waals surface area contributed by atoms with Gasteiger partial charge in [-0.2, -0.15) is 0 Å². The predicted molar refractivity (Wildman–Crippen MR) is 111 cm³/mol. The van der Waals surface area contributed by atoms with Gasteiger partial charge >= 0.3 is 5.97 Å². The molecule has 0 fully saturated rings. The Hall–Kier alpha value is -1.71. The van der Waals surface area contributed by atoms with Crippen LogP contribution in [0.5, 0.6) is 11.5 Å². The number of benzene rings is 1. The normalized spacial score (nSPS) is 10.7. The van der Waals surface area contributed by atoms with Gasteiger partial charge in [-0.1, -0.05) is 70.3 Å². The van der Waals surface area contributed by atoms with Gasteiger partial charge in [0, 0.05) is 6.42 Å². The van der Waals surface area contributed by atoms with Crippen molar-refractivity contribution in [2.24, 2.45) is 0 Å². The van der Waals surface area contributed by atoms with E-state index in [-0.39, 0.29) is 0 Å². The first-order valence-corrected chi connectivity index (χ1v) is 10.6. The molecule has 154 valence electrons. The molecule has 0 bridgehead atoms. The van der Waals surface area contributed by atoms with Crippen molar-refractivity contribution in [2.45, 2.75) is 89.9 Å². The van der Waals surface area contributed by atoms with Gasteiger partial charge in [-0.25, -0.2) is 0 Å². The Morgan fingerprint density at radius 3 is 1.70 bits per heavy atom. The third-order valence-corrected chi connectivity index (χ3v) is 5.05. The molecule has 1 aromatic carbocycles. The van der Waals surface area contributed by atoms with E-state index >= 15 is 0 Å². The van der Waals surface area contributed by atoms with Crippen LogP contribution in [-0.4, -0.2) is 25.3 Å². The summed E-state index contributed by atoms with van der Waals surface area (Å²) in [5.41, 5.74) is 1.32. The summed E-state index contributed by atoms with van der Waals surface area (Å²) in [6, 6.07) is 6.20. The van der Waals surface area contributed by atoms with Gasteiger partial charge in [0.25, 0.3) is 0 Å². The van der Waals surface area contributed by atoms with Crippen molar-refractivity contribution in [3.05, 3.63) is 23.8 Å². The van der Waals surface area contributed by atoms with Gasteiger partial charge in [0.05, 0.1) is 14.2 Å². The molecule has 0 atom stereocenters. The lowest BCUT2D eigenvalue weighted by Gasteiger charge is -2.09. The molecule has 0 saturated carbocycles. The molecule has 0 saturated heterocycles. The fraction of sp³-hybridized carbons (Fsp3) is 0.696. The zero-order chi connectivity index (χ0) is 19.7. The summed E-state index contributed by atoms with van der Waals surface area (Å²) in [6.07, 6.45) is 16.2. The average molecular weight is 379 g/mol. The Labute approximate surface area is 165 Å². The highest BCUT2D eigenvalue weighted by molar-refractivity contribution is 5.66. The van der Waals surface area contributed by atoms with E-state index in [0.29, 0.717) is 6.42 Å². The van der Waals surface area contributed by atoms with E-state index in [4.69, 9.17) is 14.6 Å². The molecular weight excluding hydrogens is 340 g/mol. The first kappa shape index (κ1) is 23.3. The molecule has 27 heavy (non-hydrogen) atoms. The first-order valence-electron chi connectivity index (χ1n) is 10.6. The van der Waals surface area contributed by atoms with Crippen LogP contribution in [0, 0.1) is 0 Å². The molecule has 0 aliphatic heterocycles. The van der Waals surface area contributed by atoms with Gasteiger partial charge in [0.15, 0.2) is 11.5 Å². The zero-order valence-electron chi connectivity index (χ0n) is 17.3. The number of carboxylic acid groups (broad SMARTS) is 1. The van der Waals surface area contributed by atoms with Crippen LogP contribution < -0.4 is 9.47 Å². The van der Waals surface area contributed by atoms with E-state index in [9.17, 15) is 4.79 Å². The van der Waals surface area contributed by atoms with Crippen molar-refractivity contribution in [2.75, 3.05) is 14.2 Å². The van der Waals surface area contributed by atoms with Crippen molar-refractivity contribution in [3.8, 4) is 11.5 Å². The Morgan fingerprint density at radius 2 is 1.22 bits per heavy atom. The highest BCUT2D eigenvalue weighted by Crippen LogP contribution is 2.28. The molecule has 0 radical (unpaired) electrons. The molecular formula is C23H38O4. The molecule has 4 nitrogen and oxygen atoms in total. The predicted octanol–water partition coefficient (Wildman–Crippen LogP) is 6.40. The van der Waals surface area contributed by atoms with Gasteiger partial charge < -0.3 is 14.6 Å². The summed E-state index contributed by atoms with van der Waals surface area (Å²) in [5.74, 6) is 0.942. The molecule has 1 aromatic rings. The number of carboxylic acids is 1. The van der Waals surface area contributed by atoms with Crippen molar-refractivity contribution in [1.82, 2.24) is 0 Å². The second-order valence-corrected chi connectivity index (χ2v) is 7.33. The van der Waals surface area contributed by atoms with E-state index < -0.39 is 5.97 Å². The van der Waals surface area contributed by atoms with Crippen molar-refractivity contribution >= 4 is 5.97 Å². The third-order valence-electron chi connectivity index (χ3n) is 5.05. The number of rotatable bonds is 17. The highest BCUT2D eigenvalue weighted by atomic mass is 16.5. The van der Waals surface area contributed by atoms with Crippen LogP contribution in [0.15, 0.2) is 18.2 Å². The Morgan fingerprint density at radius 1 is 0.741 bits per heavy atom. The summed E-state index contributed by atoms with van der Waals surface area (Å²) in [4.78, 5) is 10.4. The van der Waals surface area contributed by atoms with Crippen molar-refractivity contribution in [1.29, 1.82) is 0 Å². The Balaban J connectivity index is 1.91. The molecule has 0 aromatic heterocycles. The van der Waals surface area contributed by atoms with Crippen LogP contribution in [0.4, 0.5) is 0 Å². The molecule has 0 unspecified atom stereocenters. The van der Waals surface area contributed by atoms with Crippen LogP contribution in [-0.2, 0) is 11.2 Å². The van der Waals surface area contributed by atoms with Gasteiger partial charge in [-0.3, -0.25) is 4.79 Å². The number of aryl methyl sites for hydroxylation is 1. The molecule has 0 heterocycles. The summed E-state index contributed by atoms with van der Waals surface area (Å²) in [6.45, 7) is 0. The van der Waals surface area contributed by atoms with Crippen molar-refractivity contribution < 1.29 is 19.4 Å². The van der Waals surface area contributed by atoms with E-state index in [0.717, 1.165) is 30.8 Å². The monoisotopic (exact) mass is 378 g/mol. The standard InChI is InChI=1S/C23H38O4/c1-26-21-18-17-20(19-22(21)27-2)15-13-11-9-7-5-3-4-6-8-10-12-14-16-23(24)25/h17-19H,3-16H2,1-2H3,(H,24,25). The summed E-state index contributed by atoms with van der Waals surface area (Å²) >= 11 is 0. The van der Waals surface area contributed by atoms with Gasteiger partial charge in [0.1, 0.15) is 0 Å². The van der Waals surface area contributed by atoms with Gasteiger partial charge in [0.2, 0.25) is 0 Å². The minimum Gasteiger partial charge on any atom is -0.493 e. The van der Waals surface area contributed by atoms with Gasteiger partial charge in [-0.15, -0.1) is 0 Å². The van der Waals surface area contributed by atoms with Gasteiger partial charge in [-0.05, 0) is 37.0 Å². The fourth-order valence-electron chi connectivity index (χ4n) is 3.41. The van der Waals surface area contributed by atoms with E-state index in [1.54, 1.807) is 14.2 Å². The lowest BCUT2D eigenvalue weighted by Crippen LogP contribution is -1.93. The fourth-order valence-corrected chi connectivity index (χ4v) is 3.41. The smallest absolute Gasteiger partial charge is 0.303 e. The second-order valence-electron chi connectivity index (χ2n) is 7.33. The topological polar surface area (TPSA) is 55.8 Å². The molecule has 0 spiro atoms. The number of aliphatic carboxylic acids is 1. The number of hydrogen-bond acceptors (Lipinski definition) is 3. The minimum absolute atomic E-state index is 0.325. The average Bonchev–Trinajstić information content (AvgIpc) is 2.67. The SMILES string of the molecule is COc1ccc(CCCCCCCCCCCCCCC(=O)O)cc1OC.